The third kappa shape index (κ3) is 5.02. The Labute approximate surface area is 149 Å². The van der Waals surface area contributed by atoms with Crippen molar-refractivity contribution < 1.29 is 13.7 Å². The van der Waals surface area contributed by atoms with Gasteiger partial charge < -0.3 is 10.5 Å². The number of primary amides is 1. The number of hydrogen-bond donors (Lipinski definition) is 1. The second kappa shape index (κ2) is 9.88. The van der Waals surface area contributed by atoms with Crippen LogP contribution in [0.2, 0.25) is 0 Å². The van der Waals surface area contributed by atoms with Crippen LogP contribution in [0.3, 0.4) is 0 Å². The maximum atomic E-state index is 13.0. The monoisotopic (exact) mass is 358 g/mol. The number of ether oxygens (including phenoxy) is 1. The van der Waals surface area contributed by atoms with Crippen molar-refractivity contribution in [3.63, 3.8) is 0 Å². The molecule has 0 aromatic rings. The van der Waals surface area contributed by atoms with E-state index in [2.05, 4.69) is 6.92 Å². The zero-order chi connectivity index (χ0) is 17.4. The summed E-state index contributed by atoms with van der Waals surface area (Å²) in [5, 5.41) is 0. The first-order valence-corrected chi connectivity index (χ1v) is 10.8. The second-order valence-corrected chi connectivity index (χ2v) is 9.09. The van der Waals surface area contributed by atoms with Gasteiger partial charge in [0.2, 0.25) is 5.91 Å². The van der Waals surface area contributed by atoms with Gasteiger partial charge >= 0.3 is 0 Å². The number of rotatable bonds is 9. The highest BCUT2D eigenvalue weighted by molar-refractivity contribution is 7.85. The van der Waals surface area contributed by atoms with Crippen molar-refractivity contribution in [2.24, 2.45) is 11.7 Å². The third-order valence-electron chi connectivity index (χ3n) is 5.61. The molecule has 5 nitrogen and oxygen atoms in total. The molecule has 0 bridgehead atoms. The summed E-state index contributed by atoms with van der Waals surface area (Å²) in [6.45, 7) is 4.84. The average molecular weight is 359 g/mol. The van der Waals surface area contributed by atoms with E-state index in [1.165, 1.54) is 38.5 Å². The molecule has 2 heterocycles. The maximum absolute atomic E-state index is 13.0. The van der Waals surface area contributed by atoms with Crippen LogP contribution >= 0.6 is 0 Å². The van der Waals surface area contributed by atoms with E-state index in [-0.39, 0.29) is 0 Å². The predicted molar refractivity (Wildman–Crippen MR) is 97.8 cm³/mol. The number of unbranched alkanes of at least 4 members (excludes halogenated alkanes) is 4. The van der Waals surface area contributed by atoms with Crippen LogP contribution in [0.15, 0.2) is 0 Å². The minimum absolute atomic E-state index is 0.429. The molecule has 2 saturated heterocycles. The summed E-state index contributed by atoms with van der Waals surface area (Å²) < 4.78 is 19.5. The summed E-state index contributed by atoms with van der Waals surface area (Å²) >= 11 is 0. The lowest BCUT2D eigenvalue weighted by atomic mass is 9.92. The van der Waals surface area contributed by atoms with Crippen molar-refractivity contribution in [2.75, 3.05) is 26.3 Å². The van der Waals surface area contributed by atoms with E-state index >= 15 is 0 Å². The molecule has 0 aromatic carbocycles. The molecule has 1 unspecified atom stereocenters. The number of piperidine rings is 1. The topological polar surface area (TPSA) is 72.6 Å². The quantitative estimate of drug-likeness (QED) is 0.644. The van der Waals surface area contributed by atoms with E-state index in [0.29, 0.717) is 26.1 Å². The van der Waals surface area contributed by atoms with Crippen LogP contribution < -0.4 is 5.73 Å². The Morgan fingerprint density at radius 1 is 1.17 bits per heavy atom. The van der Waals surface area contributed by atoms with Crippen molar-refractivity contribution in [3.8, 4) is 0 Å². The van der Waals surface area contributed by atoms with Gasteiger partial charge in [-0.15, -0.1) is 0 Å². The van der Waals surface area contributed by atoms with Gasteiger partial charge in [-0.1, -0.05) is 45.4 Å². The molecule has 2 aliphatic rings. The van der Waals surface area contributed by atoms with E-state index in [4.69, 9.17) is 10.5 Å². The van der Waals surface area contributed by atoms with Gasteiger partial charge in [-0.05, 0) is 31.6 Å². The summed E-state index contributed by atoms with van der Waals surface area (Å²) in [6, 6.07) is 0. The third-order valence-corrected chi connectivity index (χ3v) is 7.72. The maximum Gasteiger partial charge on any atom is 0.237 e. The fraction of sp³-hybridized carbons (Fsp3) is 0.944. The summed E-state index contributed by atoms with van der Waals surface area (Å²) in [6.07, 6.45) is 11.1. The van der Waals surface area contributed by atoms with Gasteiger partial charge in [-0.25, -0.2) is 8.51 Å². The normalized spacial score (nSPS) is 23.9. The standard InChI is InChI=1S/C18H34N2O3S/c1-2-3-4-5-6-7-16-8-12-20(13-9-16)24(22)18(17(19)21)10-14-23-15-11-18/h16H,2-15H2,1H3,(H2,19,21). The number of carbonyl (C=O) groups excluding carboxylic acids is 1. The molecule has 2 N–H and O–H groups in total. The molecule has 2 rings (SSSR count). The second-order valence-electron chi connectivity index (χ2n) is 7.30. The van der Waals surface area contributed by atoms with Crippen molar-refractivity contribution in [2.45, 2.75) is 75.9 Å². The van der Waals surface area contributed by atoms with Crippen LogP contribution in [-0.2, 0) is 20.5 Å². The highest BCUT2D eigenvalue weighted by Crippen LogP contribution is 2.32. The van der Waals surface area contributed by atoms with E-state index in [1.807, 2.05) is 4.31 Å². The lowest BCUT2D eigenvalue weighted by Gasteiger charge is -2.39. The molecule has 0 aliphatic carbocycles. The molecule has 2 fully saturated rings. The first-order chi connectivity index (χ1) is 11.6. The van der Waals surface area contributed by atoms with Crippen molar-refractivity contribution in [1.82, 2.24) is 4.31 Å². The van der Waals surface area contributed by atoms with E-state index < -0.39 is 21.6 Å². The molecule has 0 spiro atoms. The molecule has 2 aliphatic heterocycles. The minimum Gasteiger partial charge on any atom is -0.381 e. The molecule has 1 atom stereocenters. The van der Waals surface area contributed by atoms with Gasteiger partial charge in [0.25, 0.3) is 0 Å². The lowest BCUT2D eigenvalue weighted by molar-refractivity contribution is -0.122. The lowest BCUT2D eigenvalue weighted by Crippen LogP contribution is -2.56. The fourth-order valence-corrected chi connectivity index (χ4v) is 5.58. The number of nitrogens with zero attached hydrogens (tertiary/aromatic N) is 1. The molecule has 140 valence electrons. The summed E-state index contributed by atoms with van der Waals surface area (Å²) in [5.74, 6) is 0.321. The predicted octanol–water partition coefficient (Wildman–Crippen LogP) is 2.76. The molecular weight excluding hydrogens is 324 g/mol. The smallest absolute Gasteiger partial charge is 0.237 e. The van der Waals surface area contributed by atoms with Crippen LogP contribution in [0.1, 0.15) is 71.1 Å². The van der Waals surface area contributed by atoms with Gasteiger partial charge in [-0.2, -0.15) is 0 Å². The summed E-state index contributed by atoms with van der Waals surface area (Å²) in [7, 11) is -1.33. The van der Waals surface area contributed by atoms with Crippen LogP contribution in [0.4, 0.5) is 0 Å². The summed E-state index contributed by atoms with van der Waals surface area (Å²) in [5.41, 5.74) is 5.63. The molecule has 6 heteroatoms. The van der Waals surface area contributed by atoms with Crippen molar-refractivity contribution in [1.29, 1.82) is 0 Å². The van der Waals surface area contributed by atoms with Gasteiger partial charge in [0, 0.05) is 26.3 Å². The van der Waals surface area contributed by atoms with Gasteiger partial charge in [0.05, 0.1) is 0 Å². The van der Waals surface area contributed by atoms with Gasteiger partial charge in [-0.3, -0.25) is 4.79 Å². The highest BCUT2D eigenvalue weighted by atomic mass is 32.2. The zero-order valence-corrected chi connectivity index (χ0v) is 16.0. The Hall–Kier alpha value is -0.460. The first kappa shape index (κ1) is 19.9. The fourth-order valence-electron chi connectivity index (χ4n) is 3.86. The number of hydrogen-bond acceptors (Lipinski definition) is 3. The van der Waals surface area contributed by atoms with Crippen LogP contribution in [0.5, 0.6) is 0 Å². The molecule has 0 saturated carbocycles. The van der Waals surface area contributed by atoms with Crippen molar-refractivity contribution in [3.05, 3.63) is 0 Å². The van der Waals surface area contributed by atoms with Crippen LogP contribution in [0.25, 0.3) is 0 Å². The molecule has 24 heavy (non-hydrogen) atoms. The summed E-state index contributed by atoms with van der Waals surface area (Å²) in [4.78, 5) is 12.0. The molecule has 1 amide bonds. The number of carbonyl (C=O) groups is 1. The van der Waals surface area contributed by atoms with Gasteiger partial charge in [0.15, 0.2) is 0 Å². The first-order valence-electron chi connectivity index (χ1n) is 9.64. The Morgan fingerprint density at radius 2 is 1.79 bits per heavy atom. The number of amides is 1. The SMILES string of the molecule is CCCCCCCC1CCN(S(=O)C2(C(N)=O)CCOCC2)CC1. The van der Waals surface area contributed by atoms with E-state index in [1.54, 1.807) is 0 Å². The van der Waals surface area contributed by atoms with Crippen molar-refractivity contribution >= 4 is 16.9 Å². The van der Waals surface area contributed by atoms with E-state index in [0.717, 1.165) is 31.8 Å². The minimum atomic E-state index is -1.33. The van der Waals surface area contributed by atoms with E-state index in [9.17, 15) is 9.00 Å². The Kier molecular flexibility index (Phi) is 8.17. The molecule has 0 radical (unpaired) electrons. The Balaban J connectivity index is 1.78. The molecular formula is C18H34N2O3S. The zero-order valence-electron chi connectivity index (χ0n) is 15.1. The molecule has 0 aromatic heterocycles. The van der Waals surface area contributed by atoms with Crippen LogP contribution in [-0.4, -0.2) is 45.5 Å². The Bertz CT molecular complexity index is 416. The van der Waals surface area contributed by atoms with Gasteiger partial charge in [0.1, 0.15) is 15.7 Å². The van der Waals surface area contributed by atoms with Crippen LogP contribution in [0, 0.1) is 5.92 Å². The Morgan fingerprint density at radius 3 is 2.38 bits per heavy atom. The largest absolute Gasteiger partial charge is 0.381 e. The number of nitrogens with two attached hydrogens (primary N) is 1. The highest BCUT2D eigenvalue weighted by Gasteiger charge is 2.47. The average Bonchev–Trinajstić information content (AvgIpc) is 2.62.